The van der Waals surface area contributed by atoms with E-state index in [1.54, 1.807) is 6.92 Å². The number of hydrogen-bond acceptors (Lipinski definition) is 2. The molecule has 1 heterocycles. The van der Waals surface area contributed by atoms with Crippen molar-refractivity contribution in [2.75, 3.05) is 0 Å². The van der Waals surface area contributed by atoms with Gasteiger partial charge in [-0.15, -0.1) is 0 Å². The number of aromatic nitrogens is 1. The van der Waals surface area contributed by atoms with E-state index in [0.29, 0.717) is 0 Å². The van der Waals surface area contributed by atoms with E-state index in [4.69, 9.17) is 16.7 Å². The molecule has 0 atom stereocenters. The quantitative estimate of drug-likeness (QED) is 0.655. The Morgan fingerprint density at radius 1 is 1.73 bits per heavy atom. The van der Waals surface area contributed by atoms with Crippen molar-refractivity contribution in [2.24, 2.45) is 0 Å². The predicted octanol–water partition coefficient (Wildman–Crippen LogP) is 1.74. The summed E-state index contributed by atoms with van der Waals surface area (Å²) in [6, 6.07) is 1.48. The van der Waals surface area contributed by atoms with Crippen LogP contribution in [0.25, 0.3) is 0 Å². The first kappa shape index (κ1) is 8.01. The number of rotatable bonds is 1. The number of carboxylic acids is 1. The Bertz CT molecular complexity index is 298. The highest BCUT2D eigenvalue weighted by Gasteiger charge is 2.08. The summed E-state index contributed by atoms with van der Waals surface area (Å²) in [5.41, 5.74) is 0.832. The van der Waals surface area contributed by atoms with E-state index in [1.807, 2.05) is 0 Å². The van der Waals surface area contributed by atoms with Gasteiger partial charge in [-0.05, 0) is 18.6 Å². The van der Waals surface area contributed by atoms with Gasteiger partial charge in [0.2, 0.25) is 0 Å². The zero-order valence-corrected chi connectivity index (χ0v) is 6.59. The molecular weight excluding hydrogens is 166 g/mol. The van der Waals surface area contributed by atoms with Crippen LogP contribution in [0.4, 0.5) is 0 Å². The minimum Gasteiger partial charge on any atom is -0.478 e. The van der Waals surface area contributed by atoms with Crippen LogP contribution < -0.4 is 0 Å². The zero-order valence-electron chi connectivity index (χ0n) is 5.84. The van der Waals surface area contributed by atoms with Crippen LogP contribution in [0.5, 0.6) is 0 Å². The van der Waals surface area contributed by atoms with Gasteiger partial charge in [0.15, 0.2) is 0 Å². The molecule has 0 saturated heterocycles. The van der Waals surface area contributed by atoms with Crippen LogP contribution >= 0.6 is 11.6 Å². The number of halogens is 1. The molecular formula is C7H6ClNO2. The summed E-state index contributed by atoms with van der Waals surface area (Å²) in [6.07, 6.45) is 1.52. The van der Waals surface area contributed by atoms with E-state index >= 15 is 0 Å². The summed E-state index contributed by atoms with van der Waals surface area (Å²) >= 11 is 5.50. The summed E-state index contributed by atoms with van der Waals surface area (Å²) in [7, 11) is 0. The van der Waals surface area contributed by atoms with Gasteiger partial charge in [-0.25, -0.2) is 9.78 Å². The van der Waals surface area contributed by atoms with Crippen LogP contribution in [0.3, 0.4) is 0 Å². The lowest BCUT2D eigenvalue weighted by molar-refractivity contribution is 0.0696. The largest absolute Gasteiger partial charge is 0.478 e. The van der Waals surface area contributed by atoms with E-state index < -0.39 is 5.97 Å². The van der Waals surface area contributed by atoms with E-state index in [1.165, 1.54) is 12.3 Å². The van der Waals surface area contributed by atoms with Crippen molar-refractivity contribution in [3.8, 4) is 0 Å². The molecule has 4 heteroatoms. The number of hydrogen-bond donors (Lipinski definition) is 1. The van der Waals surface area contributed by atoms with Gasteiger partial charge < -0.3 is 5.11 Å². The standard InChI is InChI=1S/C7H6ClNO2/c1-4-2-5(7(10)11)6(8)9-3-4/h2-3H,1H3,(H,10,11). The molecule has 0 fully saturated rings. The zero-order chi connectivity index (χ0) is 8.43. The fraction of sp³-hybridized carbons (Fsp3) is 0.143. The third-order valence-electron chi connectivity index (χ3n) is 1.21. The Hall–Kier alpha value is -1.09. The minimum atomic E-state index is -1.05. The van der Waals surface area contributed by atoms with Crippen molar-refractivity contribution >= 4 is 17.6 Å². The van der Waals surface area contributed by atoms with E-state index in [-0.39, 0.29) is 10.7 Å². The fourth-order valence-corrected chi connectivity index (χ4v) is 0.887. The Morgan fingerprint density at radius 2 is 2.36 bits per heavy atom. The first-order chi connectivity index (χ1) is 5.11. The van der Waals surface area contributed by atoms with Crippen LogP contribution in [0.2, 0.25) is 5.15 Å². The molecule has 0 saturated carbocycles. The summed E-state index contributed by atoms with van der Waals surface area (Å²) in [5, 5.41) is 8.60. The lowest BCUT2D eigenvalue weighted by atomic mass is 10.2. The molecule has 0 bridgehead atoms. The molecule has 0 spiro atoms. The second-order valence-corrected chi connectivity index (χ2v) is 2.51. The fourth-order valence-electron chi connectivity index (χ4n) is 0.702. The molecule has 0 radical (unpaired) electrons. The molecule has 0 aliphatic carbocycles. The summed E-state index contributed by atoms with van der Waals surface area (Å²) in [4.78, 5) is 14.1. The highest BCUT2D eigenvalue weighted by Crippen LogP contribution is 2.13. The van der Waals surface area contributed by atoms with Gasteiger partial charge in [0.05, 0.1) is 5.56 Å². The molecule has 0 aromatic carbocycles. The molecule has 3 nitrogen and oxygen atoms in total. The van der Waals surface area contributed by atoms with Crippen LogP contribution in [0.15, 0.2) is 12.3 Å². The Morgan fingerprint density at radius 3 is 2.82 bits per heavy atom. The van der Waals surface area contributed by atoms with Gasteiger partial charge in [0, 0.05) is 6.20 Å². The summed E-state index contributed by atoms with van der Waals surface area (Å²) in [5.74, 6) is -1.05. The average molecular weight is 172 g/mol. The molecule has 0 aliphatic rings. The minimum absolute atomic E-state index is 0.0306. The average Bonchev–Trinajstić information content (AvgIpc) is 1.94. The Labute approximate surface area is 68.6 Å². The maximum atomic E-state index is 10.4. The van der Waals surface area contributed by atoms with Gasteiger partial charge >= 0.3 is 5.97 Å². The predicted molar refractivity (Wildman–Crippen MR) is 40.9 cm³/mol. The molecule has 1 N–H and O–H groups in total. The van der Waals surface area contributed by atoms with Gasteiger partial charge in [-0.3, -0.25) is 0 Å². The van der Waals surface area contributed by atoms with Crippen LogP contribution in [0, 0.1) is 6.92 Å². The topological polar surface area (TPSA) is 50.2 Å². The van der Waals surface area contributed by atoms with Crippen molar-refractivity contribution in [1.29, 1.82) is 0 Å². The lowest BCUT2D eigenvalue weighted by Crippen LogP contribution is -1.99. The maximum absolute atomic E-state index is 10.4. The molecule has 0 aliphatic heterocycles. The summed E-state index contributed by atoms with van der Waals surface area (Å²) in [6.45, 7) is 1.76. The number of carbonyl (C=O) groups is 1. The molecule has 58 valence electrons. The van der Waals surface area contributed by atoms with Crippen molar-refractivity contribution in [1.82, 2.24) is 4.98 Å². The normalized spacial score (nSPS) is 9.64. The van der Waals surface area contributed by atoms with Crippen LogP contribution in [-0.4, -0.2) is 16.1 Å². The second kappa shape index (κ2) is 2.88. The number of aryl methyl sites for hydroxylation is 1. The van der Waals surface area contributed by atoms with Gasteiger partial charge in [-0.2, -0.15) is 0 Å². The Balaban J connectivity index is 3.23. The van der Waals surface area contributed by atoms with Crippen LogP contribution in [0.1, 0.15) is 15.9 Å². The third-order valence-corrected chi connectivity index (χ3v) is 1.51. The molecule has 1 aromatic rings. The number of pyridine rings is 1. The smallest absolute Gasteiger partial charge is 0.338 e. The van der Waals surface area contributed by atoms with E-state index in [0.717, 1.165) is 5.56 Å². The lowest BCUT2D eigenvalue weighted by Gasteiger charge is -1.97. The molecule has 0 unspecified atom stereocenters. The SMILES string of the molecule is Cc1cnc(Cl)c(C(=O)O)c1. The number of aromatic carboxylic acids is 1. The van der Waals surface area contributed by atoms with Crippen molar-refractivity contribution < 1.29 is 9.90 Å². The van der Waals surface area contributed by atoms with Crippen molar-refractivity contribution in [2.45, 2.75) is 6.92 Å². The molecule has 1 aromatic heterocycles. The van der Waals surface area contributed by atoms with Gasteiger partial charge in [0.1, 0.15) is 5.15 Å². The third kappa shape index (κ3) is 1.68. The molecule has 0 amide bonds. The highest BCUT2D eigenvalue weighted by atomic mass is 35.5. The molecule has 1 rings (SSSR count). The van der Waals surface area contributed by atoms with Crippen molar-refractivity contribution in [3.63, 3.8) is 0 Å². The summed E-state index contributed by atoms with van der Waals surface area (Å²) < 4.78 is 0. The van der Waals surface area contributed by atoms with Crippen molar-refractivity contribution in [3.05, 3.63) is 28.5 Å². The Kier molecular flexibility index (Phi) is 2.10. The van der Waals surface area contributed by atoms with Gasteiger partial charge in [-0.1, -0.05) is 11.6 Å². The number of carboxylic acid groups (broad SMARTS) is 1. The first-order valence-electron chi connectivity index (χ1n) is 2.96. The van der Waals surface area contributed by atoms with Crippen LogP contribution in [-0.2, 0) is 0 Å². The highest BCUT2D eigenvalue weighted by molar-refractivity contribution is 6.32. The molecule has 11 heavy (non-hydrogen) atoms. The second-order valence-electron chi connectivity index (χ2n) is 2.16. The maximum Gasteiger partial charge on any atom is 0.338 e. The van der Waals surface area contributed by atoms with E-state index in [2.05, 4.69) is 4.98 Å². The first-order valence-corrected chi connectivity index (χ1v) is 3.34. The monoisotopic (exact) mass is 171 g/mol. The number of nitrogens with zero attached hydrogens (tertiary/aromatic N) is 1. The van der Waals surface area contributed by atoms with Gasteiger partial charge in [0.25, 0.3) is 0 Å². The van der Waals surface area contributed by atoms with E-state index in [9.17, 15) is 4.79 Å².